The second-order valence-corrected chi connectivity index (χ2v) is 17.7. The standard InChI is InChI=1S/C17H12ClF2NOS2.C17H18F2N2O2.C16H13F2N3O/c18-11-1-3-12(4-2-11)24-17-10(7-8-23-17)9-21-14-6-5-13(19)15(20)16(14)22;18-13-5-6-14(17(22)16(13)19)20-11-12-3-1-2-4-15(12)21-7-9-23-10-8-21;17-11-6-7-12(16(22)14(11)18)19-8-13-15(21-9-20-13)10-4-2-1-3-5-10/h1-8,21-22H,9H2;1-6,20,22H,7-11H2;1-7,19,22H,8-9H2. The van der Waals surface area contributed by atoms with Gasteiger partial charge in [0.2, 0.25) is 17.5 Å². The van der Waals surface area contributed by atoms with E-state index in [0.29, 0.717) is 43.7 Å². The second kappa shape index (κ2) is 23.9. The zero-order valence-corrected chi connectivity index (χ0v) is 38.7. The highest BCUT2D eigenvalue weighted by atomic mass is 35.5. The van der Waals surface area contributed by atoms with E-state index in [4.69, 9.17) is 16.3 Å². The molecule has 0 saturated carbocycles. The predicted molar refractivity (Wildman–Crippen MR) is 262 cm³/mol. The van der Waals surface area contributed by atoms with Crippen LogP contribution in [0.1, 0.15) is 16.7 Å². The van der Waals surface area contributed by atoms with Gasteiger partial charge in [0.15, 0.2) is 34.7 Å². The third kappa shape index (κ3) is 13.0. The van der Waals surface area contributed by atoms with Crippen LogP contribution in [0, 0.1) is 34.9 Å². The van der Waals surface area contributed by atoms with Crippen molar-refractivity contribution in [1.82, 2.24) is 0 Å². The van der Waals surface area contributed by atoms with Gasteiger partial charge in [0.25, 0.3) is 0 Å². The molecule has 10 nitrogen and oxygen atoms in total. The van der Waals surface area contributed by atoms with Crippen LogP contribution in [-0.2, 0) is 17.8 Å². The molecule has 1 saturated heterocycles. The maximum atomic E-state index is 13.4. The first-order chi connectivity index (χ1) is 33.4. The molecule has 6 N–H and O–H groups in total. The molecule has 0 spiro atoms. The van der Waals surface area contributed by atoms with E-state index in [-0.39, 0.29) is 23.6 Å². The molecule has 1 aromatic heterocycles. The molecule has 0 unspecified atom stereocenters. The van der Waals surface area contributed by atoms with Crippen molar-refractivity contribution in [2.75, 3.05) is 60.4 Å². The van der Waals surface area contributed by atoms with Gasteiger partial charge in [-0.3, -0.25) is 9.98 Å². The molecule has 0 aliphatic carbocycles. The molecular formula is C50H43ClF6N6O4S2. The highest BCUT2D eigenvalue weighted by molar-refractivity contribution is 8.01. The number of nitrogens with one attached hydrogen (secondary N) is 3. The molecule has 2 aliphatic rings. The molecule has 0 bridgehead atoms. The van der Waals surface area contributed by atoms with Crippen LogP contribution in [0.25, 0.3) is 0 Å². The lowest BCUT2D eigenvalue weighted by atomic mass is 10.1. The second-order valence-electron chi connectivity index (χ2n) is 15.0. The quantitative estimate of drug-likeness (QED) is 0.0493. The van der Waals surface area contributed by atoms with Crippen LogP contribution >= 0.6 is 34.7 Å². The fourth-order valence-corrected chi connectivity index (χ4v) is 9.06. The Labute approximate surface area is 406 Å². The lowest BCUT2D eigenvalue weighted by Crippen LogP contribution is -2.36. The van der Waals surface area contributed by atoms with Crippen LogP contribution in [0.4, 0.5) is 49.1 Å². The summed E-state index contributed by atoms with van der Waals surface area (Å²) in [5.74, 6) is -9.14. The number of para-hydroxylation sites is 1. The summed E-state index contributed by atoms with van der Waals surface area (Å²) in [6, 6.07) is 33.8. The number of hydrogen-bond acceptors (Lipinski definition) is 12. The largest absolute Gasteiger partial charge is 0.503 e. The fourth-order valence-electron chi connectivity index (χ4n) is 6.88. The molecule has 0 amide bonds. The van der Waals surface area contributed by atoms with Gasteiger partial charge >= 0.3 is 0 Å². The number of hydrogen-bond donors (Lipinski definition) is 6. The first-order valence-corrected chi connectivity index (χ1v) is 23.2. The van der Waals surface area contributed by atoms with Crippen LogP contribution in [-0.4, -0.2) is 66.3 Å². The van der Waals surface area contributed by atoms with Gasteiger partial charge in [0.05, 0.1) is 52.5 Å². The number of anilines is 4. The Kier molecular flexibility index (Phi) is 17.3. The Bertz CT molecular complexity index is 2930. The summed E-state index contributed by atoms with van der Waals surface area (Å²) in [5.41, 5.74) is 5.93. The Morgan fingerprint density at radius 2 is 1.12 bits per heavy atom. The molecular weight excluding hydrogens is 962 g/mol. The van der Waals surface area contributed by atoms with Crippen molar-refractivity contribution in [1.29, 1.82) is 0 Å². The molecule has 0 atom stereocenters. The molecule has 7 aromatic rings. The van der Waals surface area contributed by atoms with Crippen LogP contribution in [0.5, 0.6) is 17.2 Å². The minimum absolute atomic E-state index is 0.112. The highest BCUT2D eigenvalue weighted by Crippen LogP contribution is 2.37. The van der Waals surface area contributed by atoms with Gasteiger partial charge in [-0.25, -0.2) is 13.2 Å². The lowest BCUT2D eigenvalue weighted by Gasteiger charge is -2.30. The zero-order chi connectivity index (χ0) is 48.9. The van der Waals surface area contributed by atoms with Gasteiger partial charge in [-0.1, -0.05) is 71.9 Å². The highest BCUT2D eigenvalue weighted by Gasteiger charge is 2.19. The summed E-state index contributed by atoms with van der Waals surface area (Å²) in [4.78, 5) is 11.9. The van der Waals surface area contributed by atoms with Gasteiger partial charge in [0.1, 0.15) is 6.67 Å². The number of halogens is 7. The molecule has 1 fully saturated rings. The maximum Gasteiger partial charge on any atom is 0.202 e. The predicted octanol–water partition coefficient (Wildman–Crippen LogP) is 12.3. The number of phenolic OH excluding ortho intramolecular Hbond substituents is 3. The number of aromatic hydroxyl groups is 3. The average molecular weight is 1010 g/mol. The van der Waals surface area contributed by atoms with Crippen LogP contribution in [0.3, 0.4) is 0 Å². The summed E-state index contributed by atoms with van der Waals surface area (Å²) < 4.78 is 85.6. The summed E-state index contributed by atoms with van der Waals surface area (Å²) in [6.45, 7) is 4.37. The average Bonchev–Trinajstić information content (AvgIpc) is 4.05. The molecule has 9 rings (SSSR count). The molecule has 69 heavy (non-hydrogen) atoms. The van der Waals surface area contributed by atoms with Crippen molar-refractivity contribution in [3.05, 3.63) is 183 Å². The minimum Gasteiger partial charge on any atom is -0.503 e. The van der Waals surface area contributed by atoms with Gasteiger partial charge in [0, 0.05) is 47.3 Å². The number of nitrogens with zero attached hydrogens (tertiary/aromatic N) is 3. The van der Waals surface area contributed by atoms with E-state index in [1.807, 2.05) is 90.3 Å². The van der Waals surface area contributed by atoms with E-state index in [0.717, 1.165) is 68.5 Å². The third-order valence-electron chi connectivity index (χ3n) is 10.5. The van der Waals surface area contributed by atoms with Crippen LogP contribution in [0.2, 0.25) is 5.02 Å². The van der Waals surface area contributed by atoms with Gasteiger partial charge < -0.3 is 40.9 Å². The van der Waals surface area contributed by atoms with Crippen molar-refractivity contribution >= 4 is 68.9 Å². The van der Waals surface area contributed by atoms with Crippen molar-refractivity contribution in [2.45, 2.75) is 22.2 Å². The van der Waals surface area contributed by atoms with E-state index in [9.17, 15) is 41.7 Å². The minimum atomic E-state index is -1.27. The molecule has 3 heterocycles. The number of phenols is 3. The van der Waals surface area contributed by atoms with E-state index >= 15 is 0 Å². The number of ether oxygens (including phenoxy) is 1. The zero-order valence-electron chi connectivity index (χ0n) is 36.3. The van der Waals surface area contributed by atoms with Gasteiger partial charge in [-0.2, -0.15) is 13.2 Å². The van der Waals surface area contributed by atoms with Crippen molar-refractivity contribution in [3.8, 4) is 17.2 Å². The van der Waals surface area contributed by atoms with Gasteiger partial charge in [-0.15, -0.1) is 11.3 Å². The Hall–Kier alpha value is -6.86. The Balaban J connectivity index is 0.000000153. The molecule has 2 aliphatic heterocycles. The summed E-state index contributed by atoms with van der Waals surface area (Å²) in [6.07, 6.45) is 0. The summed E-state index contributed by atoms with van der Waals surface area (Å²) in [5, 5.41) is 40.3. The first-order valence-electron chi connectivity index (χ1n) is 21.1. The topological polar surface area (TPSA) is 134 Å². The molecule has 6 aromatic carbocycles. The normalized spacial score (nSPS) is 13.1. The van der Waals surface area contributed by atoms with Crippen molar-refractivity contribution < 1.29 is 46.4 Å². The third-order valence-corrected chi connectivity index (χ3v) is 13.0. The Morgan fingerprint density at radius 3 is 1.70 bits per heavy atom. The smallest absolute Gasteiger partial charge is 0.202 e. The van der Waals surface area contributed by atoms with Crippen molar-refractivity contribution in [2.24, 2.45) is 9.98 Å². The van der Waals surface area contributed by atoms with Crippen molar-refractivity contribution in [3.63, 3.8) is 0 Å². The van der Waals surface area contributed by atoms with E-state index in [1.165, 1.54) is 18.2 Å². The fraction of sp³-hybridized carbons (Fsp3) is 0.160. The van der Waals surface area contributed by atoms with Crippen LogP contribution in [0.15, 0.2) is 146 Å². The number of rotatable bonds is 13. The number of morpholine rings is 1. The number of thiophene rings is 1. The van der Waals surface area contributed by atoms with E-state index in [1.54, 1.807) is 23.1 Å². The maximum absolute atomic E-state index is 13.4. The molecule has 358 valence electrons. The summed E-state index contributed by atoms with van der Waals surface area (Å²) >= 11 is 9.07. The SMILES string of the molecule is Oc1c(NCC2=NCN=C2c2ccccc2)ccc(F)c1F.Oc1c(NCc2ccccc2N2CCOCC2)ccc(F)c1F.Oc1c(NCc2ccsc2Sc2ccc(Cl)cc2)ccc(F)c1F. The lowest BCUT2D eigenvalue weighted by molar-refractivity contribution is 0.122. The Morgan fingerprint density at radius 1 is 0.594 bits per heavy atom. The van der Waals surface area contributed by atoms with Gasteiger partial charge in [-0.05, 0) is 89.3 Å². The number of benzene rings is 6. The van der Waals surface area contributed by atoms with E-state index < -0.39 is 52.2 Å². The molecule has 19 heteroatoms. The number of aliphatic imine (C=N–C) groups is 2. The first kappa shape index (κ1) is 50.0. The molecule has 0 radical (unpaired) electrons. The van der Waals surface area contributed by atoms with Crippen LogP contribution < -0.4 is 20.9 Å². The monoisotopic (exact) mass is 1000 g/mol. The summed E-state index contributed by atoms with van der Waals surface area (Å²) in [7, 11) is 0. The van der Waals surface area contributed by atoms with E-state index in [2.05, 4.69) is 30.8 Å².